The predicted molar refractivity (Wildman–Crippen MR) is 66.1 cm³/mol. The summed E-state index contributed by atoms with van der Waals surface area (Å²) in [6.07, 6.45) is 1.89. The number of hydrogen-bond donors (Lipinski definition) is 2. The largest absolute Gasteiger partial charge is 0.480 e. The van der Waals surface area contributed by atoms with Crippen LogP contribution in [0.1, 0.15) is 19.8 Å². The number of nitrogens with zero attached hydrogens (tertiary/aromatic N) is 1. The highest BCUT2D eigenvalue weighted by Crippen LogP contribution is 2.39. The van der Waals surface area contributed by atoms with Crippen LogP contribution in [0.3, 0.4) is 0 Å². The maximum Gasteiger partial charge on any atom is 0.327 e. The average molecular weight is 258 g/mol. The van der Waals surface area contributed by atoms with Crippen LogP contribution >= 0.6 is 11.8 Å². The topological polar surface area (TPSA) is 69.6 Å². The lowest BCUT2D eigenvalue weighted by atomic mass is 10.0. The van der Waals surface area contributed by atoms with Crippen molar-refractivity contribution in [2.75, 3.05) is 25.4 Å². The van der Waals surface area contributed by atoms with E-state index in [1.807, 2.05) is 6.92 Å². The van der Waals surface area contributed by atoms with Crippen molar-refractivity contribution >= 4 is 23.6 Å². The van der Waals surface area contributed by atoms with Gasteiger partial charge < -0.3 is 15.3 Å². The molecule has 2 heterocycles. The minimum absolute atomic E-state index is 0.00565. The number of carbonyl (C=O) groups excluding carboxylic acids is 1. The number of thioether (sulfide) groups is 1. The Labute approximate surface area is 105 Å². The van der Waals surface area contributed by atoms with Crippen molar-refractivity contribution in [2.45, 2.75) is 30.6 Å². The summed E-state index contributed by atoms with van der Waals surface area (Å²) in [4.78, 5) is 25.1. The Morgan fingerprint density at radius 3 is 2.88 bits per heavy atom. The van der Waals surface area contributed by atoms with Crippen LogP contribution in [0.15, 0.2) is 0 Å². The van der Waals surface area contributed by atoms with Crippen LogP contribution in [0.5, 0.6) is 0 Å². The zero-order chi connectivity index (χ0) is 12.5. The summed E-state index contributed by atoms with van der Waals surface area (Å²) in [6, 6.07) is -0.714. The number of amides is 1. The third-order valence-electron chi connectivity index (χ3n) is 3.46. The van der Waals surface area contributed by atoms with Gasteiger partial charge in [-0.15, -0.1) is 11.8 Å². The Balaban J connectivity index is 2.13. The number of piperazine rings is 1. The zero-order valence-electron chi connectivity index (χ0n) is 9.94. The molecule has 2 fully saturated rings. The Hall–Kier alpha value is -0.750. The molecular formula is C11H18N2O3S. The summed E-state index contributed by atoms with van der Waals surface area (Å²) >= 11 is 1.66. The number of carbonyl (C=O) groups is 2. The number of aliphatic carboxylic acids is 1. The first-order valence-electron chi connectivity index (χ1n) is 5.93. The second-order valence-corrected chi connectivity index (χ2v) is 6.34. The Kier molecular flexibility index (Phi) is 3.63. The van der Waals surface area contributed by atoms with Gasteiger partial charge in [-0.25, -0.2) is 4.79 Å². The summed E-state index contributed by atoms with van der Waals surface area (Å²) < 4.78 is -0.412. The van der Waals surface area contributed by atoms with Crippen LogP contribution in [0.4, 0.5) is 0 Å². The monoisotopic (exact) mass is 258 g/mol. The van der Waals surface area contributed by atoms with Gasteiger partial charge in [-0.05, 0) is 25.5 Å². The summed E-state index contributed by atoms with van der Waals surface area (Å²) in [6.45, 7) is 3.46. The molecule has 2 rings (SSSR count). The molecule has 0 aromatic rings. The van der Waals surface area contributed by atoms with E-state index in [0.29, 0.717) is 19.6 Å². The molecule has 0 bridgehead atoms. The van der Waals surface area contributed by atoms with Gasteiger partial charge in [0.25, 0.3) is 0 Å². The van der Waals surface area contributed by atoms with E-state index in [4.69, 9.17) is 5.11 Å². The van der Waals surface area contributed by atoms with Crippen LogP contribution in [0, 0.1) is 0 Å². The molecule has 0 saturated carbocycles. The molecule has 2 atom stereocenters. The molecule has 96 valence electrons. The first-order chi connectivity index (χ1) is 8.04. The molecule has 0 aromatic carbocycles. The number of carboxylic acid groups (broad SMARTS) is 1. The lowest BCUT2D eigenvalue weighted by Gasteiger charge is -2.38. The highest BCUT2D eigenvalue weighted by Gasteiger charge is 2.44. The molecule has 1 amide bonds. The van der Waals surface area contributed by atoms with E-state index in [1.54, 1.807) is 11.8 Å². The number of carboxylic acids is 1. The van der Waals surface area contributed by atoms with E-state index in [9.17, 15) is 9.59 Å². The van der Waals surface area contributed by atoms with Crippen molar-refractivity contribution in [1.82, 2.24) is 10.2 Å². The Morgan fingerprint density at radius 2 is 2.29 bits per heavy atom. The van der Waals surface area contributed by atoms with Crippen LogP contribution in [-0.4, -0.2) is 58.1 Å². The SMILES string of the molecule is CC1(C(=O)N2CCNCC2C(=O)O)CCCS1. The van der Waals surface area contributed by atoms with E-state index in [0.717, 1.165) is 18.6 Å². The normalized spacial score (nSPS) is 33.7. The summed E-state index contributed by atoms with van der Waals surface area (Å²) in [5.41, 5.74) is 0. The quantitative estimate of drug-likeness (QED) is 0.738. The van der Waals surface area contributed by atoms with Gasteiger partial charge >= 0.3 is 5.97 Å². The Bertz CT molecular complexity index is 329. The summed E-state index contributed by atoms with van der Waals surface area (Å²) in [5.74, 6) is 0.0672. The number of rotatable bonds is 2. The zero-order valence-corrected chi connectivity index (χ0v) is 10.8. The third kappa shape index (κ3) is 2.42. The summed E-state index contributed by atoms with van der Waals surface area (Å²) in [7, 11) is 0. The van der Waals surface area contributed by atoms with Gasteiger partial charge in [0, 0.05) is 19.6 Å². The fourth-order valence-corrected chi connectivity index (χ4v) is 3.69. The molecular weight excluding hydrogens is 240 g/mol. The second-order valence-electron chi connectivity index (χ2n) is 4.74. The van der Waals surface area contributed by atoms with Gasteiger partial charge in [-0.1, -0.05) is 0 Å². The van der Waals surface area contributed by atoms with E-state index >= 15 is 0 Å². The van der Waals surface area contributed by atoms with Gasteiger partial charge in [0.15, 0.2) is 0 Å². The van der Waals surface area contributed by atoms with Gasteiger partial charge in [0.2, 0.25) is 5.91 Å². The minimum atomic E-state index is -0.919. The first-order valence-corrected chi connectivity index (χ1v) is 6.92. The van der Waals surface area contributed by atoms with Crippen molar-refractivity contribution in [3.05, 3.63) is 0 Å². The standard InChI is InChI=1S/C11H18N2O3S/c1-11(3-2-6-17-11)10(16)13-5-4-12-7-8(13)9(14)15/h8,12H,2-7H2,1H3,(H,14,15). The molecule has 2 N–H and O–H groups in total. The Morgan fingerprint density at radius 1 is 1.53 bits per heavy atom. The molecule has 0 spiro atoms. The third-order valence-corrected chi connectivity index (χ3v) is 4.97. The number of hydrogen-bond acceptors (Lipinski definition) is 4. The highest BCUT2D eigenvalue weighted by molar-refractivity contribution is 8.01. The lowest BCUT2D eigenvalue weighted by molar-refractivity contribution is -0.152. The maximum atomic E-state index is 12.5. The van der Waals surface area contributed by atoms with Gasteiger partial charge in [-0.2, -0.15) is 0 Å². The van der Waals surface area contributed by atoms with Crippen molar-refractivity contribution in [3.8, 4) is 0 Å². The highest BCUT2D eigenvalue weighted by atomic mass is 32.2. The molecule has 5 nitrogen and oxygen atoms in total. The van der Waals surface area contributed by atoms with Crippen LogP contribution in [0.2, 0.25) is 0 Å². The fraction of sp³-hybridized carbons (Fsp3) is 0.818. The second kappa shape index (κ2) is 4.86. The van der Waals surface area contributed by atoms with Crippen LogP contribution < -0.4 is 5.32 Å². The first kappa shape index (κ1) is 12.7. The van der Waals surface area contributed by atoms with Crippen molar-refractivity contribution in [2.24, 2.45) is 0 Å². The maximum absolute atomic E-state index is 12.5. The van der Waals surface area contributed by atoms with Crippen molar-refractivity contribution in [3.63, 3.8) is 0 Å². The van der Waals surface area contributed by atoms with Crippen LogP contribution in [-0.2, 0) is 9.59 Å². The molecule has 0 aliphatic carbocycles. The molecule has 2 unspecified atom stereocenters. The molecule has 2 aliphatic rings. The van der Waals surface area contributed by atoms with E-state index in [1.165, 1.54) is 4.90 Å². The van der Waals surface area contributed by atoms with E-state index < -0.39 is 16.8 Å². The van der Waals surface area contributed by atoms with Crippen molar-refractivity contribution < 1.29 is 14.7 Å². The van der Waals surface area contributed by atoms with Gasteiger partial charge in [-0.3, -0.25) is 4.79 Å². The number of nitrogens with one attached hydrogen (secondary N) is 1. The van der Waals surface area contributed by atoms with Crippen molar-refractivity contribution in [1.29, 1.82) is 0 Å². The molecule has 6 heteroatoms. The molecule has 0 radical (unpaired) electrons. The molecule has 17 heavy (non-hydrogen) atoms. The molecule has 2 saturated heterocycles. The fourth-order valence-electron chi connectivity index (χ4n) is 2.42. The van der Waals surface area contributed by atoms with Crippen LogP contribution in [0.25, 0.3) is 0 Å². The minimum Gasteiger partial charge on any atom is -0.480 e. The van der Waals surface area contributed by atoms with Gasteiger partial charge in [0.1, 0.15) is 6.04 Å². The summed E-state index contributed by atoms with van der Waals surface area (Å²) in [5, 5.41) is 12.2. The molecule has 2 aliphatic heterocycles. The smallest absolute Gasteiger partial charge is 0.327 e. The van der Waals surface area contributed by atoms with E-state index in [2.05, 4.69) is 5.32 Å². The average Bonchev–Trinajstić information content (AvgIpc) is 2.76. The van der Waals surface area contributed by atoms with E-state index in [-0.39, 0.29) is 5.91 Å². The lowest BCUT2D eigenvalue weighted by Crippen LogP contribution is -2.60. The predicted octanol–water partition coefficient (Wildman–Crippen LogP) is 0.157. The van der Waals surface area contributed by atoms with Gasteiger partial charge in [0.05, 0.1) is 4.75 Å². The molecule has 0 aromatic heterocycles.